The average molecular weight is 434 g/mol. The quantitative estimate of drug-likeness (QED) is 0.484. The molecule has 4 rings (SSSR count). The summed E-state index contributed by atoms with van der Waals surface area (Å²) in [4.78, 5) is 41.8. The Balaban J connectivity index is 1.48. The molecule has 0 radical (unpaired) electrons. The molecule has 0 saturated carbocycles. The minimum atomic E-state index is -1.09. The number of anilines is 1. The largest absolute Gasteiger partial charge is 0.448 e. The van der Waals surface area contributed by atoms with E-state index < -0.39 is 18.0 Å². The molecule has 0 bridgehead atoms. The van der Waals surface area contributed by atoms with Crippen molar-refractivity contribution in [2.24, 2.45) is 7.05 Å². The smallest absolute Gasteiger partial charge is 0.360 e. The highest BCUT2D eigenvalue weighted by atomic mass is 32.1. The molecule has 1 amide bonds. The molecule has 0 aliphatic rings. The summed E-state index contributed by atoms with van der Waals surface area (Å²) in [6.07, 6.45) is -1.09. The molecule has 31 heavy (non-hydrogen) atoms. The van der Waals surface area contributed by atoms with Crippen molar-refractivity contribution in [2.75, 3.05) is 5.32 Å². The van der Waals surface area contributed by atoms with Gasteiger partial charge in [0.15, 0.2) is 16.9 Å². The molecular formula is C22H18N4O4S. The van der Waals surface area contributed by atoms with E-state index in [9.17, 15) is 14.4 Å². The van der Waals surface area contributed by atoms with Crippen LogP contribution in [0, 0.1) is 0 Å². The standard InChI is InChI=1S/C22H18N4O4S/c1-13(19(27)24-22-23-17(12-31-22)14-8-4-3-5-9-14)30-21(29)18-15-10-6-7-11-16(15)20(28)26(2)25-18/h3-13H,1-2H3,(H,23,24,27)/t13-/m0/s1. The minimum absolute atomic E-state index is 0.0297. The van der Waals surface area contributed by atoms with Crippen molar-refractivity contribution in [3.8, 4) is 11.3 Å². The zero-order valence-electron chi connectivity index (χ0n) is 16.7. The molecule has 2 aromatic carbocycles. The normalized spacial score (nSPS) is 11.8. The number of fused-ring (bicyclic) bond motifs is 1. The number of carbonyl (C=O) groups excluding carboxylic acids is 2. The number of amides is 1. The van der Waals surface area contributed by atoms with E-state index in [0.29, 0.717) is 15.9 Å². The summed E-state index contributed by atoms with van der Waals surface area (Å²) in [6, 6.07) is 16.2. The van der Waals surface area contributed by atoms with Crippen molar-refractivity contribution in [3.05, 3.63) is 76.0 Å². The maximum absolute atomic E-state index is 12.7. The van der Waals surface area contributed by atoms with Crippen LogP contribution in [0.5, 0.6) is 0 Å². The van der Waals surface area contributed by atoms with E-state index in [1.807, 2.05) is 35.7 Å². The van der Waals surface area contributed by atoms with Crippen molar-refractivity contribution in [1.82, 2.24) is 14.8 Å². The highest BCUT2D eigenvalue weighted by Crippen LogP contribution is 2.24. The Morgan fingerprint density at radius 2 is 1.74 bits per heavy atom. The fourth-order valence-electron chi connectivity index (χ4n) is 3.00. The maximum atomic E-state index is 12.7. The number of carbonyl (C=O) groups is 2. The summed E-state index contributed by atoms with van der Waals surface area (Å²) in [7, 11) is 1.45. The van der Waals surface area contributed by atoms with Crippen molar-refractivity contribution >= 4 is 39.1 Å². The first-order valence-electron chi connectivity index (χ1n) is 9.43. The van der Waals surface area contributed by atoms with Gasteiger partial charge in [-0.2, -0.15) is 5.10 Å². The van der Waals surface area contributed by atoms with Crippen molar-refractivity contribution in [3.63, 3.8) is 0 Å². The third-order valence-electron chi connectivity index (χ3n) is 4.61. The first-order chi connectivity index (χ1) is 14.9. The lowest BCUT2D eigenvalue weighted by atomic mass is 10.1. The first-order valence-corrected chi connectivity index (χ1v) is 10.3. The van der Waals surface area contributed by atoms with Crippen LogP contribution >= 0.6 is 11.3 Å². The maximum Gasteiger partial charge on any atom is 0.360 e. The van der Waals surface area contributed by atoms with Crippen molar-refractivity contribution in [2.45, 2.75) is 13.0 Å². The number of benzene rings is 2. The predicted octanol–water partition coefficient (Wildman–Crippen LogP) is 3.24. The van der Waals surface area contributed by atoms with Gasteiger partial charge in [0.05, 0.1) is 11.1 Å². The summed E-state index contributed by atoms with van der Waals surface area (Å²) in [5.74, 6) is -1.31. The molecule has 0 unspecified atom stereocenters. The van der Waals surface area contributed by atoms with E-state index in [0.717, 1.165) is 15.9 Å². The molecule has 0 fully saturated rings. The Morgan fingerprint density at radius 3 is 2.48 bits per heavy atom. The average Bonchev–Trinajstić information content (AvgIpc) is 3.25. The summed E-state index contributed by atoms with van der Waals surface area (Å²) in [5, 5.41) is 9.64. The Hall–Kier alpha value is -3.85. The molecular weight excluding hydrogens is 416 g/mol. The SMILES string of the molecule is C[C@H](OC(=O)c1nn(C)c(=O)c2ccccc12)C(=O)Nc1nc(-c2ccccc2)cs1. The second-order valence-corrected chi connectivity index (χ2v) is 7.62. The van der Waals surface area contributed by atoms with Gasteiger partial charge in [0.1, 0.15) is 0 Å². The van der Waals surface area contributed by atoms with Gasteiger partial charge < -0.3 is 4.74 Å². The molecule has 156 valence electrons. The Morgan fingerprint density at radius 1 is 1.06 bits per heavy atom. The summed E-state index contributed by atoms with van der Waals surface area (Å²) in [6.45, 7) is 1.46. The lowest BCUT2D eigenvalue weighted by molar-refractivity contribution is -0.123. The molecule has 0 aliphatic heterocycles. The fourth-order valence-corrected chi connectivity index (χ4v) is 3.72. The number of hydrogen-bond donors (Lipinski definition) is 1. The number of ether oxygens (including phenoxy) is 1. The fraction of sp³-hybridized carbons (Fsp3) is 0.136. The van der Waals surface area contributed by atoms with Crippen LogP contribution in [0.25, 0.3) is 22.0 Å². The zero-order chi connectivity index (χ0) is 22.0. The molecule has 1 atom stereocenters. The van der Waals surface area contributed by atoms with Crippen molar-refractivity contribution in [1.29, 1.82) is 0 Å². The van der Waals surface area contributed by atoms with E-state index in [2.05, 4.69) is 15.4 Å². The van der Waals surface area contributed by atoms with E-state index in [4.69, 9.17) is 4.74 Å². The molecule has 0 spiro atoms. The predicted molar refractivity (Wildman–Crippen MR) is 118 cm³/mol. The molecule has 1 N–H and O–H groups in total. The minimum Gasteiger partial charge on any atom is -0.448 e. The lowest BCUT2D eigenvalue weighted by Gasteiger charge is -2.13. The molecule has 0 aliphatic carbocycles. The van der Waals surface area contributed by atoms with E-state index in [-0.39, 0.29) is 11.3 Å². The molecule has 2 heterocycles. The Kier molecular flexibility index (Phi) is 5.59. The number of aromatic nitrogens is 3. The number of hydrogen-bond acceptors (Lipinski definition) is 7. The van der Waals surface area contributed by atoms with Gasteiger partial charge in [-0.25, -0.2) is 14.5 Å². The molecule has 8 nitrogen and oxygen atoms in total. The second-order valence-electron chi connectivity index (χ2n) is 6.76. The Bertz CT molecular complexity index is 1330. The van der Waals surface area contributed by atoms with Gasteiger partial charge in [-0.05, 0) is 13.0 Å². The van der Waals surface area contributed by atoms with Gasteiger partial charge in [0.25, 0.3) is 11.5 Å². The van der Waals surface area contributed by atoms with Crippen LogP contribution in [0.4, 0.5) is 5.13 Å². The Labute approximate surface area is 181 Å². The molecule has 4 aromatic rings. The topological polar surface area (TPSA) is 103 Å². The highest BCUT2D eigenvalue weighted by Gasteiger charge is 2.23. The van der Waals surface area contributed by atoms with Gasteiger partial charge in [-0.15, -0.1) is 11.3 Å². The van der Waals surface area contributed by atoms with Crippen LogP contribution in [0.3, 0.4) is 0 Å². The number of nitrogens with zero attached hydrogens (tertiary/aromatic N) is 3. The van der Waals surface area contributed by atoms with Gasteiger partial charge in [-0.1, -0.05) is 48.5 Å². The third kappa shape index (κ3) is 4.22. The summed E-state index contributed by atoms with van der Waals surface area (Å²) in [5.41, 5.74) is 1.33. The van der Waals surface area contributed by atoms with Crippen LogP contribution in [0.1, 0.15) is 17.4 Å². The van der Waals surface area contributed by atoms with Gasteiger partial charge in [0, 0.05) is 23.4 Å². The van der Waals surface area contributed by atoms with Crippen LogP contribution in [-0.4, -0.2) is 32.7 Å². The lowest BCUT2D eigenvalue weighted by Crippen LogP contribution is -2.31. The number of esters is 1. The van der Waals surface area contributed by atoms with E-state index in [1.165, 1.54) is 25.3 Å². The molecule has 2 aromatic heterocycles. The van der Waals surface area contributed by atoms with Crippen LogP contribution in [0.15, 0.2) is 64.8 Å². The van der Waals surface area contributed by atoms with Crippen molar-refractivity contribution < 1.29 is 14.3 Å². The second kappa shape index (κ2) is 8.49. The number of nitrogens with one attached hydrogen (secondary N) is 1. The highest BCUT2D eigenvalue weighted by molar-refractivity contribution is 7.14. The van der Waals surface area contributed by atoms with Crippen LogP contribution in [-0.2, 0) is 16.6 Å². The number of aryl methyl sites for hydroxylation is 1. The van der Waals surface area contributed by atoms with Gasteiger partial charge in [0.2, 0.25) is 0 Å². The summed E-state index contributed by atoms with van der Waals surface area (Å²) >= 11 is 1.28. The zero-order valence-corrected chi connectivity index (χ0v) is 17.6. The molecule has 9 heteroatoms. The van der Waals surface area contributed by atoms with Crippen LogP contribution < -0.4 is 10.9 Å². The number of thiazole rings is 1. The van der Waals surface area contributed by atoms with Crippen LogP contribution in [0.2, 0.25) is 0 Å². The number of rotatable bonds is 5. The van der Waals surface area contributed by atoms with Gasteiger partial charge in [-0.3, -0.25) is 14.9 Å². The molecule has 0 saturated heterocycles. The van der Waals surface area contributed by atoms with E-state index in [1.54, 1.807) is 24.3 Å². The third-order valence-corrected chi connectivity index (χ3v) is 5.36. The van der Waals surface area contributed by atoms with Gasteiger partial charge >= 0.3 is 5.97 Å². The summed E-state index contributed by atoms with van der Waals surface area (Å²) < 4.78 is 6.39. The first kappa shape index (κ1) is 20.4. The monoisotopic (exact) mass is 434 g/mol. The van der Waals surface area contributed by atoms with E-state index >= 15 is 0 Å².